The lowest BCUT2D eigenvalue weighted by atomic mass is 10.1. The first-order chi connectivity index (χ1) is 11.9. The first-order valence-corrected chi connectivity index (χ1v) is 8.13. The van der Waals surface area contributed by atoms with E-state index in [0.717, 1.165) is 16.6 Å². The van der Waals surface area contributed by atoms with Crippen LogP contribution in [0.1, 0.15) is 12.0 Å². The minimum atomic E-state index is -0.962. The van der Waals surface area contributed by atoms with Gasteiger partial charge in [0.2, 0.25) is 5.91 Å². The third-order valence-corrected chi connectivity index (χ3v) is 3.68. The number of halogens is 3. The summed E-state index contributed by atoms with van der Waals surface area (Å²) in [6.45, 7) is -0.259. The van der Waals surface area contributed by atoms with Crippen LogP contribution in [-0.4, -0.2) is 18.4 Å². The van der Waals surface area contributed by atoms with Crippen molar-refractivity contribution in [2.24, 2.45) is 0 Å². The van der Waals surface area contributed by atoms with Crippen molar-refractivity contribution < 1.29 is 23.1 Å². The van der Waals surface area contributed by atoms with Gasteiger partial charge in [-0.05, 0) is 48.4 Å². The van der Waals surface area contributed by atoms with Crippen LogP contribution >= 0.6 is 15.9 Å². The maximum atomic E-state index is 13.1. The standard InChI is InChI=1S/C17H15BrF2N2O3/c18-12-3-5-13(6-4-12)25-10-17(24)22-21-16(23)8-2-11-1-7-14(19)15(20)9-11/h1,3-7,9H,2,8,10H2,(H,21,23)(H,22,24). The lowest BCUT2D eigenvalue weighted by Gasteiger charge is -2.09. The molecule has 2 amide bonds. The van der Waals surface area contributed by atoms with E-state index in [0.29, 0.717) is 11.3 Å². The number of ether oxygens (including phenoxy) is 1. The molecule has 0 heterocycles. The SMILES string of the molecule is O=C(CCc1ccc(F)c(F)c1)NNC(=O)COc1ccc(Br)cc1. The fraction of sp³-hybridized carbons (Fsp3) is 0.176. The average molecular weight is 413 g/mol. The summed E-state index contributed by atoms with van der Waals surface area (Å²) in [6, 6.07) is 10.4. The molecule has 0 atom stereocenters. The van der Waals surface area contributed by atoms with Crippen molar-refractivity contribution >= 4 is 27.7 Å². The zero-order valence-electron chi connectivity index (χ0n) is 13.0. The molecule has 0 spiro atoms. The number of rotatable bonds is 6. The van der Waals surface area contributed by atoms with Crippen LogP contribution in [0.25, 0.3) is 0 Å². The largest absolute Gasteiger partial charge is 0.484 e. The Hall–Kier alpha value is -2.48. The molecular formula is C17H15BrF2N2O3. The molecule has 0 radical (unpaired) electrons. The topological polar surface area (TPSA) is 67.4 Å². The van der Waals surface area contributed by atoms with Crippen molar-refractivity contribution in [2.45, 2.75) is 12.8 Å². The Balaban J connectivity index is 1.67. The van der Waals surface area contributed by atoms with Crippen molar-refractivity contribution in [3.05, 3.63) is 64.1 Å². The van der Waals surface area contributed by atoms with Crippen molar-refractivity contribution in [3.8, 4) is 5.75 Å². The van der Waals surface area contributed by atoms with E-state index >= 15 is 0 Å². The van der Waals surface area contributed by atoms with Crippen LogP contribution in [-0.2, 0) is 16.0 Å². The molecule has 0 saturated heterocycles. The van der Waals surface area contributed by atoms with Gasteiger partial charge in [-0.15, -0.1) is 0 Å². The zero-order chi connectivity index (χ0) is 18.2. The van der Waals surface area contributed by atoms with E-state index in [9.17, 15) is 18.4 Å². The number of hydrazine groups is 1. The lowest BCUT2D eigenvalue weighted by molar-refractivity contribution is -0.130. The fourth-order valence-corrected chi connectivity index (χ4v) is 2.14. The number of hydrogen-bond acceptors (Lipinski definition) is 3. The second-order valence-corrected chi connectivity index (χ2v) is 6.00. The minimum absolute atomic E-state index is 0.0128. The Morgan fingerprint density at radius 2 is 1.64 bits per heavy atom. The van der Waals surface area contributed by atoms with E-state index < -0.39 is 23.4 Å². The highest BCUT2D eigenvalue weighted by Gasteiger charge is 2.08. The number of hydrogen-bond donors (Lipinski definition) is 2. The highest BCUT2D eigenvalue weighted by atomic mass is 79.9. The van der Waals surface area contributed by atoms with Gasteiger partial charge >= 0.3 is 0 Å². The van der Waals surface area contributed by atoms with E-state index in [4.69, 9.17) is 4.74 Å². The predicted octanol–water partition coefficient (Wildman–Crippen LogP) is 2.89. The fourth-order valence-electron chi connectivity index (χ4n) is 1.87. The molecule has 8 heteroatoms. The van der Waals surface area contributed by atoms with Crippen LogP contribution < -0.4 is 15.6 Å². The van der Waals surface area contributed by atoms with Gasteiger partial charge < -0.3 is 4.74 Å². The molecule has 0 aromatic heterocycles. The first-order valence-electron chi connectivity index (χ1n) is 7.34. The number of nitrogens with one attached hydrogen (secondary N) is 2. The van der Waals surface area contributed by atoms with E-state index in [1.165, 1.54) is 6.07 Å². The molecule has 132 valence electrons. The number of amides is 2. The van der Waals surface area contributed by atoms with Crippen molar-refractivity contribution in [2.75, 3.05) is 6.61 Å². The average Bonchev–Trinajstić information content (AvgIpc) is 2.60. The number of benzene rings is 2. The van der Waals surface area contributed by atoms with Crippen LogP contribution in [0.2, 0.25) is 0 Å². The van der Waals surface area contributed by atoms with Crippen molar-refractivity contribution in [1.82, 2.24) is 10.9 Å². The first kappa shape index (κ1) is 18.9. The summed E-state index contributed by atoms with van der Waals surface area (Å²) in [7, 11) is 0. The summed E-state index contributed by atoms with van der Waals surface area (Å²) in [4.78, 5) is 23.2. The highest BCUT2D eigenvalue weighted by Crippen LogP contribution is 2.15. The summed E-state index contributed by atoms with van der Waals surface area (Å²) in [5.74, 6) is -2.36. The van der Waals surface area contributed by atoms with Gasteiger partial charge in [0.1, 0.15) is 5.75 Å². The molecule has 0 aliphatic heterocycles. The summed E-state index contributed by atoms with van der Waals surface area (Å²) in [5, 5.41) is 0. The van der Waals surface area contributed by atoms with Gasteiger partial charge in [-0.25, -0.2) is 8.78 Å². The Kier molecular flexibility index (Phi) is 6.88. The predicted molar refractivity (Wildman–Crippen MR) is 90.6 cm³/mol. The third-order valence-electron chi connectivity index (χ3n) is 3.15. The van der Waals surface area contributed by atoms with E-state index in [1.807, 2.05) is 0 Å². The molecule has 0 bridgehead atoms. The molecular weight excluding hydrogens is 398 g/mol. The van der Waals surface area contributed by atoms with Crippen molar-refractivity contribution in [1.29, 1.82) is 0 Å². The number of aryl methyl sites for hydroxylation is 1. The molecule has 0 aliphatic carbocycles. The molecule has 25 heavy (non-hydrogen) atoms. The maximum absolute atomic E-state index is 13.1. The highest BCUT2D eigenvalue weighted by molar-refractivity contribution is 9.10. The Bertz CT molecular complexity index is 754. The molecule has 2 aromatic carbocycles. The Morgan fingerprint density at radius 1 is 0.960 bits per heavy atom. The zero-order valence-corrected chi connectivity index (χ0v) is 14.6. The Morgan fingerprint density at radius 3 is 2.32 bits per heavy atom. The van der Waals surface area contributed by atoms with E-state index in [2.05, 4.69) is 26.8 Å². The molecule has 2 aromatic rings. The molecule has 0 fully saturated rings. The lowest BCUT2D eigenvalue weighted by Crippen LogP contribution is -2.43. The Labute approximate surface area is 151 Å². The molecule has 2 rings (SSSR count). The normalized spacial score (nSPS) is 10.2. The van der Waals surface area contributed by atoms with Gasteiger partial charge in [0.25, 0.3) is 5.91 Å². The third kappa shape index (κ3) is 6.50. The summed E-state index contributed by atoms with van der Waals surface area (Å²) in [6.07, 6.45) is 0.229. The molecule has 0 saturated carbocycles. The number of carbonyl (C=O) groups excluding carboxylic acids is 2. The molecule has 0 unspecified atom stereocenters. The van der Waals surface area contributed by atoms with E-state index in [-0.39, 0.29) is 19.4 Å². The van der Waals surface area contributed by atoms with Gasteiger partial charge in [-0.1, -0.05) is 22.0 Å². The monoisotopic (exact) mass is 412 g/mol. The second-order valence-electron chi connectivity index (χ2n) is 5.09. The summed E-state index contributed by atoms with van der Waals surface area (Å²) < 4.78 is 32.0. The smallest absolute Gasteiger partial charge is 0.276 e. The number of carbonyl (C=O) groups is 2. The summed E-state index contributed by atoms with van der Waals surface area (Å²) >= 11 is 3.28. The maximum Gasteiger partial charge on any atom is 0.276 e. The molecule has 5 nitrogen and oxygen atoms in total. The van der Waals surface area contributed by atoms with Crippen LogP contribution in [0.4, 0.5) is 8.78 Å². The van der Waals surface area contributed by atoms with Crippen LogP contribution in [0.15, 0.2) is 46.9 Å². The quantitative estimate of drug-likeness (QED) is 0.716. The van der Waals surface area contributed by atoms with Crippen molar-refractivity contribution in [3.63, 3.8) is 0 Å². The van der Waals surface area contributed by atoms with Crippen LogP contribution in [0, 0.1) is 11.6 Å². The van der Waals surface area contributed by atoms with Gasteiger partial charge in [0, 0.05) is 10.9 Å². The molecule has 2 N–H and O–H groups in total. The molecule has 0 aliphatic rings. The van der Waals surface area contributed by atoms with Gasteiger partial charge in [0.15, 0.2) is 18.2 Å². The van der Waals surface area contributed by atoms with Gasteiger partial charge in [-0.3, -0.25) is 20.4 Å². The van der Waals surface area contributed by atoms with Crippen LogP contribution in [0.5, 0.6) is 5.75 Å². The minimum Gasteiger partial charge on any atom is -0.484 e. The van der Waals surface area contributed by atoms with E-state index in [1.54, 1.807) is 24.3 Å². The second kappa shape index (κ2) is 9.12. The van der Waals surface area contributed by atoms with Gasteiger partial charge in [-0.2, -0.15) is 0 Å². The van der Waals surface area contributed by atoms with Crippen LogP contribution in [0.3, 0.4) is 0 Å². The van der Waals surface area contributed by atoms with Gasteiger partial charge in [0.05, 0.1) is 0 Å². The summed E-state index contributed by atoms with van der Waals surface area (Å²) in [5.41, 5.74) is 4.93.